The molecule has 1 aromatic carbocycles. The molecule has 0 saturated carbocycles. The van der Waals surface area contributed by atoms with E-state index in [1.807, 2.05) is 45.0 Å². The number of carboxylic acids is 1. The highest BCUT2D eigenvalue weighted by Crippen LogP contribution is 2.43. The number of hydrogen-bond donors (Lipinski definition) is 1. The van der Waals surface area contributed by atoms with E-state index in [4.69, 9.17) is 4.74 Å². The van der Waals surface area contributed by atoms with Crippen LogP contribution in [0.1, 0.15) is 44.7 Å². The number of rotatable bonds is 4. The van der Waals surface area contributed by atoms with Gasteiger partial charge in [-0.25, -0.2) is 4.79 Å². The van der Waals surface area contributed by atoms with Gasteiger partial charge in [-0.3, -0.25) is 0 Å². The van der Waals surface area contributed by atoms with Crippen LogP contribution in [-0.4, -0.2) is 16.7 Å². The van der Waals surface area contributed by atoms with Crippen molar-refractivity contribution in [2.75, 3.05) is 0 Å². The average Bonchev–Trinajstić information content (AvgIpc) is 2.70. The van der Waals surface area contributed by atoms with Crippen molar-refractivity contribution in [3.8, 4) is 0 Å². The SMILES string of the molecule is CCC(C)(C)OC1(C(=O)O)CCc2ccccc21. The van der Waals surface area contributed by atoms with Crippen molar-refractivity contribution in [2.24, 2.45) is 0 Å². The lowest BCUT2D eigenvalue weighted by Gasteiger charge is -2.35. The molecule has 0 amide bonds. The molecule has 1 N–H and O–H groups in total. The van der Waals surface area contributed by atoms with Gasteiger partial charge in [-0.05, 0) is 44.2 Å². The second-order valence-corrected chi connectivity index (χ2v) is 5.50. The predicted octanol–water partition coefficient (Wildman–Crippen LogP) is 3.12. The fourth-order valence-corrected chi connectivity index (χ4v) is 2.49. The van der Waals surface area contributed by atoms with E-state index in [1.54, 1.807) is 0 Å². The first kappa shape index (κ1) is 13.1. The highest BCUT2D eigenvalue weighted by molar-refractivity contribution is 5.81. The summed E-state index contributed by atoms with van der Waals surface area (Å²) in [6.45, 7) is 5.90. The van der Waals surface area contributed by atoms with E-state index in [-0.39, 0.29) is 0 Å². The minimum Gasteiger partial charge on any atom is -0.479 e. The lowest BCUT2D eigenvalue weighted by molar-refractivity contribution is -0.190. The third kappa shape index (κ3) is 2.03. The van der Waals surface area contributed by atoms with Crippen LogP contribution in [0.3, 0.4) is 0 Å². The van der Waals surface area contributed by atoms with Crippen LogP contribution in [-0.2, 0) is 21.6 Å². The van der Waals surface area contributed by atoms with E-state index in [1.165, 1.54) is 0 Å². The molecule has 1 atom stereocenters. The summed E-state index contributed by atoms with van der Waals surface area (Å²) in [6, 6.07) is 7.69. The Balaban J connectivity index is 2.45. The zero-order valence-electron chi connectivity index (χ0n) is 11.2. The molecule has 0 fully saturated rings. The molecule has 0 heterocycles. The first-order valence-corrected chi connectivity index (χ1v) is 6.43. The van der Waals surface area contributed by atoms with Crippen LogP contribution in [0.5, 0.6) is 0 Å². The van der Waals surface area contributed by atoms with Crippen LogP contribution in [0.2, 0.25) is 0 Å². The van der Waals surface area contributed by atoms with Crippen LogP contribution in [0.15, 0.2) is 24.3 Å². The van der Waals surface area contributed by atoms with E-state index in [0.717, 1.165) is 24.0 Å². The minimum absolute atomic E-state index is 0.435. The Bertz CT molecular complexity index is 465. The third-order valence-corrected chi connectivity index (χ3v) is 3.85. The average molecular weight is 248 g/mol. The van der Waals surface area contributed by atoms with Crippen molar-refractivity contribution in [3.05, 3.63) is 35.4 Å². The standard InChI is InChI=1S/C15H20O3/c1-4-14(2,3)18-15(13(16)17)10-9-11-7-5-6-8-12(11)15/h5-8H,4,9-10H2,1-3H3,(H,16,17). The van der Waals surface area contributed by atoms with E-state index in [2.05, 4.69) is 0 Å². The van der Waals surface area contributed by atoms with Crippen molar-refractivity contribution in [2.45, 2.75) is 51.2 Å². The van der Waals surface area contributed by atoms with Gasteiger partial charge in [0.25, 0.3) is 0 Å². The van der Waals surface area contributed by atoms with Gasteiger partial charge in [0.1, 0.15) is 0 Å². The molecular weight excluding hydrogens is 228 g/mol. The second-order valence-electron chi connectivity index (χ2n) is 5.50. The molecule has 0 radical (unpaired) electrons. The number of fused-ring (bicyclic) bond motifs is 1. The Hall–Kier alpha value is -1.35. The number of aliphatic carboxylic acids is 1. The van der Waals surface area contributed by atoms with Gasteiger partial charge in [-0.15, -0.1) is 0 Å². The van der Waals surface area contributed by atoms with Crippen LogP contribution < -0.4 is 0 Å². The fourth-order valence-electron chi connectivity index (χ4n) is 2.49. The third-order valence-electron chi connectivity index (χ3n) is 3.85. The molecule has 1 aliphatic rings. The van der Waals surface area contributed by atoms with Gasteiger partial charge >= 0.3 is 5.97 Å². The van der Waals surface area contributed by atoms with Gasteiger partial charge in [-0.1, -0.05) is 31.2 Å². The van der Waals surface area contributed by atoms with Crippen molar-refractivity contribution in [3.63, 3.8) is 0 Å². The van der Waals surface area contributed by atoms with E-state index < -0.39 is 17.2 Å². The van der Waals surface area contributed by atoms with Gasteiger partial charge in [-0.2, -0.15) is 0 Å². The molecule has 98 valence electrons. The largest absolute Gasteiger partial charge is 0.479 e. The normalized spacial score (nSPS) is 22.8. The summed E-state index contributed by atoms with van der Waals surface area (Å²) < 4.78 is 6.02. The Morgan fingerprint density at radius 1 is 1.44 bits per heavy atom. The molecule has 1 aliphatic carbocycles. The monoisotopic (exact) mass is 248 g/mol. The summed E-state index contributed by atoms with van der Waals surface area (Å²) in [5.74, 6) is -0.881. The van der Waals surface area contributed by atoms with Gasteiger partial charge in [0, 0.05) is 0 Å². The van der Waals surface area contributed by atoms with E-state index in [0.29, 0.717) is 6.42 Å². The highest BCUT2D eigenvalue weighted by Gasteiger charge is 2.49. The van der Waals surface area contributed by atoms with Crippen LogP contribution in [0, 0.1) is 0 Å². The molecule has 0 aromatic heterocycles. The number of carboxylic acid groups (broad SMARTS) is 1. The Labute approximate surface area is 108 Å². The summed E-state index contributed by atoms with van der Waals surface area (Å²) in [6.07, 6.45) is 2.07. The first-order chi connectivity index (χ1) is 8.41. The van der Waals surface area contributed by atoms with Gasteiger partial charge in [0.15, 0.2) is 5.60 Å². The maximum absolute atomic E-state index is 11.8. The molecule has 2 rings (SSSR count). The Morgan fingerprint density at radius 2 is 2.11 bits per heavy atom. The lowest BCUT2D eigenvalue weighted by Crippen LogP contribution is -2.43. The zero-order chi connectivity index (χ0) is 13.4. The number of carbonyl (C=O) groups is 1. The minimum atomic E-state index is -1.17. The second kappa shape index (κ2) is 4.39. The fraction of sp³-hybridized carbons (Fsp3) is 0.533. The quantitative estimate of drug-likeness (QED) is 0.890. The molecular formula is C15H20O3. The van der Waals surface area contributed by atoms with Crippen LogP contribution in [0.4, 0.5) is 0 Å². The van der Waals surface area contributed by atoms with Crippen molar-refractivity contribution < 1.29 is 14.6 Å². The number of aryl methyl sites for hydroxylation is 1. The molecule has 3 nitrogen and oxygen atoms in total. The lowest BCUT2D eigenvalue weighted by atomic mass is 9.93. The summed E-state index contributed by atoms with van der Waals surface area (Å²) in [5, 5.41) is 9.64. The summed E-state index contributed by atoms with van der Waals surface area (Å²) in [4.78, 5) is 11.8. The topological polar surface area (TPSA) is 46.5 Å². The van der Waals surface area contributed by atoms with Gasteiger partial charge in [0.05, 0.1) is 5.60 Å². The number of ether oxygens (including phenoxy) is 1. The molecule has 0 aliphatic heterocycles. The van der Waals surface area contributed by atoms with Gasteiger partial charge in [0.2, 0.25) is 0 Å². The van der Waals surface area contributed by atoms with E-state index >= 15 is 0 Å². The van der Waals surface area contributed by atoms with E-state index in [9.17, 15) is 9.90 Å². The van der Waals surface area contributed by atoms with Crippen molar-refractivity contribution >= 4 is 5.97 Å². The first-order valence-electron chi connectivity index (χ1n) is 6.43. The molecule has 0 saturated heterocycles. The summed E-state index contributed by atoms with van der Waals surface area (Å²) in [7, 11) is 0. The smallest absolute Gasteiger partial charge is 0.340 e. The Morgan fingerprint density at radius 3 is 2.72 bits per heavy atom. The van der Waals surface area contributed by atoms with Crippen LogP contribution in [0.25, 0.3) is 0 Å². The van der Waals surface area contributed by atoms with Crippen molar-refractivity contribution in [1.29, 1.82) is 0 Å². The molecule has 0 spiro atoms. The number of benzene rings is 1. The number of hydrogen-bond acceptors (Lipinski definition) is 2. The molecule has 1 aromatic rings. The molecule has 0 bridgehead atoms. The van der Waals surface area contributed by atoms with Crippen molar-refractivity contribution in [1.82, 2.24) is 0 Å². The van der Waals surface area contributed by atoms with Gasteiger partial charge < -0.3 is 9.84 Å². The maximum Gasteiger partial charge on any atom is 0.340 e. The zero-order valence-corrected chi connectivity index (χ0v) is 11.2. The highest BCUT2D eigenvalue weighted by atomic mass is 16.5. The predicted molar refractivity (Wildman–Crippen MR) is 69.5 cm³/mol. The molecule has 1 unspecified atom stereocenters. The maximum atomic E-state index is 11.8. The summed E-state index contributed by atoms with van der Waals surface area (Å²) >= 11 is 0. The molecule has 3 heteroatoms. The Kier molecular flexibility index (Phi) is 3.20. The van der Waals surface area contributed by atoms with Crippen LogP contribution >= 0.6 is 0 Å². The molecule has 18 heavy (non-hydrogen) atoms. The summed E-state index contributed by atoms with van der Waals surface area (Å²) in [5.41, 5.74) is 0.303.